The molecule has 2 heterocycles. The van der Waals surface area contributed by atoms with Gasteiger partial charge in [-0.1, -0.05) is 11.8 Å². The molecule has 1 aromatic rings. The fourth-order valence-electron chi connectivity index (χ4n) is 2.19. The van der Waals surface area contributed by atoms with Gasteiger partial charge in [0.1, 0.15) is 11.9 Å². The van der Waals surface area contributed by atoms with Crippen LogP contribution >= 0.6 is 11.8 Å². The van der Waals surface area contributed by atoms with E-state index in [0.717, 1.165) is 17.5 Å². The summed E-state index contributed by atoms with van der Waals surface area (Å²) in [5, 5.41) is 16.3. The first-order chi connectivity index (χ1) is 11.0. The van der Waals surface area contributed by atoms with E-state index in [9.17, 15) is 14.4 Å². The molecule has 10 heteroatoms. The van der Waals surface area contributed by atoms with Crippen LogP contribution in [0.15, 0.2) is 5.16 Å². The molecule has 23 heavy (non-hydrogen) atoms. The largest absolute Gasteiger partial charge is 0.355 e. The van der Waals surface area contributed by atoms with Crippen LogP contribution in [0.5, 0.6) is 0 Å². The van der Waals surface area contributed by atoms with Gasteiger partial charge in [-0.3, -0.25) is 14.9 Å². The minimum Gasteiger partial charge on any atom is -0.355 e. The summed E-state index contributed by atoms with van der Waals surface area (Å²) in [4.78, 5) is 34.0. The molecule has 126 valence electrons. The number of aryl methyl sites for hydroxylation is 1. The van der Waals surface area contributed by atoms with Crippen molar-refractivity contribution in [3.63, 3.8) is 0 Å². The maximum atomic E-state index is 11.7. The summed E-state index contributed by atoms with van der Waals surface area (Å²) in [6, 6.07) is -1.12. The quantitative estimate of drug-likeness (QED) is 0.343. The summed E-state index contributed by atoms with van der Waals surface area (Å²) in [5.74, 6) is 1.03. The number of amides is 4. The number of hydrogen-bond donors (Lipinski definition) is 3. The van der Waals surface area contributed by atoms with Crippen molar-refractivity contribution >= 4 is 29.6 Å². The summed E-state index contributed by atoms with van der Waals surface area (Å²) >= 11 is 1.53. The molecule has 0 radical (unpaired) electrons. The first-order valence-corrected chi connectivity index (χ1v) is 8.40. The van der Waals surface area contributed by atoms with Crippen molar-refractivity contribution in [2.24, 2.45) is 0 Å². The normalized spacial score (nSPS) is 17.0. The Kier molecular flexibility index (Phi) is 5.97. The van der Waals surface area contributed by atoms with Gasteiger partial charge in [0.25, 0.3) is 5.91 Å². The number of imide groups is 1. The van der Waals surface area contributed by atoms with Crippen molar-refractivity contribution in [3.05, 3.63) is 5.82 Å². The zero-order valence-corrected chi connectivity index (χ0v) is 13.9. The second-order valence-corrected chi connectivity index (χ2v) is 6.09. The second kappa shape index (κ2) is 7.95. The summed E-state index contributed by atoms with van der Waals surface area (Å²) in [6.07, 6.45) is 0.479. The lowest BCUT2D eigenvalue weighted by atomic mass is 10.1. The molecule has 1 aliphatic heterocycles. The summed E-state index contributed by atoms with van der Waals surface area (Å²) in [5.41, 5.74) is 0. The molecule has 0 saturated carbocycles. The SMILES string of the molecule is CCn1c(C)nnc1SCCNC(=O)CC[C@@H]1NC(=O)NC1=O. The van der Waals surface area contributed by atoms with Gasteiger partial charge in [0.05, 0.1) is 0 Å². The Morgan fingerprint density at radius 1 is 1.39 bits per heavy atom. The fourth-order valence-corrected chi connectivity index (χ4v) is 3.09. The van der Waals surface area contributed by atoms with Crippen LogP contribution in [0.2, 0.25) is 0 Å². The predicted octanol–water partition coefficient (Wildman–Crippen LogP) is -0.197. The lowest BCUT2D eigenvalue weighted by molar-refractivity contribution is -0.122. The van der Waals surface area contributed by atoms with Gasteiger partial charge < -0.3 is 15.2 Å². The molecular formula is C13H20N6O3S. The Morgan fingerprint density at radius 2 is 2.17 bits per heavy atom. The van der Waals surface area contributed by atoms with Crippen LogP contribution in [0.4, 0.5) is 4.79 Å². The highest BCUT2D eigenvalue weighted by Crippen LogP contribution is 2.15. The van der Waals surface area contributed by atoms with Gasteiger partial charge >= 0.3 is 6.03 Å². The Morgan fingerprint density at radius 3 is 2.83 bits per heavy atom. The van der Waals surface area contributed by atoms with Crippen LogP contribution < -0.4 is 16.0 Å². The number of rotatable bonds is 8. The maximum absolute atomic E-state index is 11.7. The molecule has 1 atom stereocenters. The molecule has 1 aliphatic rings. The molecule has 1 saturated heterocycles. The van der Waals surface area contributed by atoms with Gasteiger partial charge in [0, 0.05) is 25.3 Å². The summed E-state index contributed by atoms with van der Waals surface area (Å²) in [6.45, 7) is 5.24. The molecule has 0 bridgehead atoms. The van der Waals surface area contributed by atoms with E-state index in [1.165, 1.54) is 11.8 Å². The van der Waals surface area contributed by atoms with Crippen molar-refractivity contribution in [1.82, 2.24) is 30.7 Å². The van der Waals surface area contributed by atoms with E-state index in [2.05, 4.69) is 26.1 Å². The van der Waals surface area contributed by atoms with Gasteiger partial charge in [-0.2, -0.15) is 0 Å². The Labute approximate surface area is 138 Å². The van der Waals surface area contributed by atoms with Crippen molar-refractivity contribution in [3.8, 4) is 0 Å². The zero-order valence-electron chi connectivity index (χ0n) is 13.1. The number of hydrogen-bond acceptors (Lipinski definition) is 6. The predicted molar refractivity (Wildman–Crippen MR) is 83.9 cm³/mol. The van der Waals surface area contributed by atoms with Gasteiger partial charge in [-0.25, -0.2) is 4.79 Å². The molecule has 0 unspecified atom stereocenters. The molecular weight excluding hydrogens is 320 g/mol. The van der Waals surface area contributed by atoms with Crippen molar-refractivity contribution in [1.29, 1.82) is 0 Å². The van der Waals surface area contributed by atoms with Crippen LogP contribution in [0.25, 0.3) is 0 Å². The number of nitrogens with zero attached hydrogens (tertiary/aromatic N) is 3. The van der Waals surface area contributed by atoms with Gasteiger partial charge in [0.15, 0.2) is 5.16 Å². The number of carbonyl (C=O) groups excluding carboxylic acids is 3. The number of urea groups is 1. The highest BCUT2D eigenvalue weighted by Gasteiger charge is 2.29. The molecule has 0 aromatic carbocycles. The van der Waals surface area contributed by atoms with E-state index in [1.807, 2.05) is 18.4 Å². The van der Waals surface area contributed by atoms with Crippen LogP contribution in [0.1, 0.15) is 25.6 Å². The van der Waals surface area contributed by atoms with Crippen LogP contribution in [0, 0.1) is 6.92 Å². The molecule has 1 fully saturated rings. The molecule has 3 N–H and O–H groups in total. The number of carbonyl (C=O) groups is 3. The number of nitrogens with one attached hydrogen (secondary N) is 3. The lowest BCUT2D eigenvalue weighted by Crippen LogP contribution is -2.32. The first-order valence-electron chi connectivity index (χ1n) is 7.42. The van der Waals surface area contributed by atoms with Gasteiger partial charge in [-0.05, 0) is 20.3 Å². The fraction of sp³-hybridized carbons (Fsp3) is 0.615. The van der Waals surface area contributed by atoms with E-state index in [0.29, 0.717) is 18.7 Å². The second-order valence-electron chi connectivity index (χ2n) is 5.03. The van der Waals surface area contributed by atoms with Gasteiger partial charge in [0.2, 0.25) is 5.91 Å². The molecule has 0 aliphatic carbocycles. The molecule has 9 nitrogen and oxygen atoms in total. The van der Waals surface area contributed by atoms with E-state index < -0.39 is 12.1 Å². The number of thioether (sulfide) groups is 1. The third-order valence-corrected chi connectivity index (χ3v) is 4.36. The van der Waals surface area contributed by atoms with Crippen molar-refractivity contribution < 1.29 is 14.4 Å². The summed E-state index contributed by atoms with van der Waals surface area (Å²) in [7, 11) is 0. The third-order valence-electron chi connectivity index (χ3n) is 3.39. The van der Waals surface area contributed by atoms with Crippen LogP contribution in [0.3, 0.4) is 0 Å². The Bertz CT molecular complexity index is 603. The summed E-state index contributed by atoms with van der Waals surface area (Å²) < 4.78 is 2.01. The standard InChI is InChI=1S/C13H20N6O3S/c1-3-19-8(2)17-18-13(19)23-7-6-14-10(20)5-4-9-11(21)16-12(22)15-9/h9H,3-7H2,1-2H3,(H,14,20)(H2,15,16,21,22)/t9-/m0/s1. The van der Waals surface area contributed by atoms with E-state index in [4.69, 9.17) is 0 Å². The first kappa shape index (κ1) is 17.3. The topological polar surface area (TPSA) is 118 Å². The van der Waals surface area contributed by atoms with Crippen LogP contribution in [-0.2, 0) is 16.1 Å². The minimum atomic E-state index is -0.617. The van der Waals surface area contributed by atoms with Gasteiger partial charge in [-0.15, -0.1) is 10.2 Å². The smallest absolute Gasteiger partial charge is 0.322 e. The Hall–Kier alpha value is -2.10. The molecule has 1 aromatic heterocycles. The average Bonchev–Trinajstić information content (AvgIpc) is 3.03. The molecule has 2 rings (SSSR count). The molecule has 0 spiro atoms. The number of aromatic nitrogens is 3. The third kappa shape index (κ3) is 4.68. The monoisotopic (exact) mass is 340 g/mol. The van der Waals surface area contributed by atoms with E-state index in [1.54, 1.807) is 0 Å². The van der Waals surface area contributed by atoms with E-state index in [-0.39, 0.29) is 18.2 Å². The highest BCUT2D eigenvalue weighted by molar-refractivity contribution is 7.99. The van der Waals surface area contributed by atoms with Crippen molar-refractivity contribution in [2.75, 3.05) is 12.3 Å². The van der Waals surface area contributed by atoms with Crippen LogP contribution in [-0.4, -0.2) is 50.9 Å². The lowest BCUT2D eigenvalue weighted by Gasteiger charge is -2.08. The van der Waals surface area contributed by atoms with Crippen molar-refractivity contribution in [2.45, 2.75) is 44.4 Å². The highest BCUT2D eigenvalue weighted by atomic mass is 32.2. The average molecular weight is 340 g/mol. The van der Waals surface area contributed by atoms with E-state index >= 15 is 0 Å². The Balaban J connectivity index is 1.63. The molecule has 4 amide bonds. The minimum absolute atomic E-state index is 0.146. The maximum Gasteiger partial charge on any atom is 0.322 e. The zero-order chi connectivity index (χ0) is 16.8.